The molecule has 2 heterocycles. The molecule has 0 saturated carbocycles. The lowest BCUT2D eigenvalue weighted by atomic mass is 10.1. The SMILES string of the molecule is CSc1ccc(Oc2ccc(C(=O)N3CCNC(c4cn[nH]c4)C3)cc2)cc1.O=C(O)C(F)(F)F. The molecule has 8 nitrogen and oxygen atoms in total. The van der Waals surface area contributed by atoms with Crippen molar-refractivity contribution in [2.45, 2.75) is 17.1 Å². The van der Waals surface area contributed by atoms with Crippen molar-refractivity contribution in [3.8, 4) is 11.5 Å². The number of thioether (sulfide) groups is 1. The van der Waals surface area contributed by atoms with Crippen LogP contribution in [0.25, 0.3) is 0 Å². The van der Waals surface area contributed by atoms with Crippen molar-refractivity contribution >= 4 is 23.6 Å². The fraction of sp³-hybridized carbons (Fsp3) is 0.261. The lowest BCUT2D eigenvalue weighted by molar-refractivity contribution is -0.192. The number of carbonyl (C=O) groups excluding carboxylic acids is 1. The number of nitrogens with one attached hydrogen (secondary N) is 2. The van der Waals surface area contributed by atoms with Gasteiger partial charge in [-0.1, -0.05) is 0 Å². The molecule has 3 N–H and O–H groups in total. The van der Waals surface area contributed by atoms with E-state index in [9.17, 15) is 18.0 Å². The number of ether oxygens (including phenoxy) is 1. The minimum Gasteiger partial charge on any atom is -0.475 e. The number of aromatic amines is 1. The lowest BCUT2D eigenvalue weighted by Crippen LogP contribution is -2.48. The third-order valence-electron chi connectivity index (χ3n) is 5.02. The van der Waals surface area contributed by atoms with Gasteiger partial charge in [0.15, 0.2) is 0 Å². The standard InChI is InChI=1S/C21H22N4O2S.C2HF3O2/c1-28-19-8-6-18(7-9-19)27-17-4-2-15(3-5-17)21(26)25-11-10-22-20(14-25)16-12-23-24-13-16;3-2(4,5)1(6)7/h2-9,12-13,20,22H,10-11,14H2,1H3,(H,23,24);(H,6,7). The molecule has 1 aromatic heterocycles. The molecule has 4 rings (SSSR count). The van der Waals surface area contributed by atoms with Gasteiger partial charge in [-0.15, -0.1) is 11.8 Å². The van der Waals surface area contributed by atoms with Crippen molar-refractivity contribution in [1.29, 1.82) is 0 Å². The molecule has 12 heteroatoms. The number of halogens is 3. The minimum atomic E-state index is -5.08. The van der Waals surface area contributed by atoms with Gasteiger partial charge in [-0.3, -0.25) is 9.89 Å². The highest BCUT2D eigenvalue weighted by Crippen LogP contribution is 2.25. The molecule has 1 fully saturated rings. The van der Waals surface area contributed by atoms with Gasteiger partial charge < -0.3 is 20.1 Å². The number of nitrogens with zero attached hydrogens (tertiary/aromatic N) is 2. The molecule has 1 amide bonds. The summed E-state index contributed by atoms with van der Waals surface area (Å²) in [5, 5.41) is 17.4. The van der Waals surface area contributed by atoms with Crippen molar-refractivity contribution in [1.82, 2.24) is 20.4 Å². The topological polar surface area (TPSA) is 108 Å². The molecule has 3 aromatic rings. The van der Waals surface area contributed by atoms with Crippen LogP contribution in [0.1, 0.15) is 22.0 Å². The summed E-state index contributed by atoms with van der Waals surface area (Å²) < 4.78 is 37.6. The Morgan fingerprint density at radius 1 is 1.11 bits per heavy atom. The van der Waals surface area contributed by atoms with E-state index in [0.717, 1.165) is 17.9 Å². The van der Waals surface area contributed by atoms with Crippen LogP contribution in [0.3, 0.4) is 0 Å². The molecule has 1 aliphatic rings. The first kappa shape index (κ1) is 26.1. The number of hydrogen-bond acceptors (Lipinski definition) is 6. The van der Waals surface area contributed by atoms with Crippen LogP contribution in [0.4, 0.5) is 13.2 Å². The van der Waals surface area contributed by atoms with Crippen LogP contribution in [0.15, 0.2) is 65.8 Å². The van der Waals surface area contributed by atoms with Gasteiger partial charge in [0.25, 0.3) is 5.91 Å². The van der Waals surface area contributed by atoms with Gasteiger partial charge in [0.1, 0.15) is 11.5 Å². The highest BCUT2D eigenvalue weighted by atomic mass is 32.2. The van der Waals surface area contributed by atoms with Gasteiger partial charge in [-0.05, 0) is 54.8 Å². The number of benzene rings is 2. The number of hydrogen-bond donors (Lipinski definition) is 3. The van der Waals surface area contributed by atoms with Crippen molar-refractivity contribution in [3.63, 3.8) is 0 Å². The van der Waals surface area contributed by atoms with Gasteiger partial charge in [0.2, 0.25) is 0 Å². The Morgan fingerprint density at radius 3 is 2.23 bits per heavy atom. The second-order valence-corrected chi connectivity index (χ2v) is 8.27. The van der Waals surface area contributed by atoms with E-state index in [2.05, 4.69) is 15.5 Å². The number of rotatable bonds is 5. The van der Waals surface area contributed by atoms with Gasteiger partial charge in [0.05, 0.1) is 12.2 Å². The Kier molecular flexibility index (Phi) is 8.77. The second-order valence-electron chi connectivity index (χ2n) is 7.39. The fourth-order valence-electron chi connectivity index (χ4n) is 3.24. The quantitative estimate of drug-likeness (QED) is 0.440. The maximum atomic E-state index is 12.9. The zero-order chi connectivity index (χ0) is 25.4. The summed E-state index contributed by atoms with van der Waals surface area (Å²) in [5.74, 6) is -1.23. The molecule has 186 valence electrons. The molecule has 1 atom stereocenters. The molecule has 0 aliphatic carbocycles. The second kappa shape index (κ2) is 11.8. The largest absolute Gasteiger partial charge is 0.490 e. The average Bonchev–Trinajstić information content (AvgIpc) is 3.40. The number of amides is 1. The normalized spacial score (nSPS) is 15.7. The number of carboxylic acids is 1. The van der Waals surface area contributed by atoms with Crippen LogP contribution >= 0.6 is 11.8 Å². The number of aromatic nitrogens is 2. The Hall–Kier alpha value is -3.51. The van der Waals surface area contributed by atoms with Crippen molar-refractivity contribution < 1.29 is 32.6 Å². The third kappa shape index (κ3) is 7.49. The molecule has 1 aliphatic heterocycles. The molecule has 2 aromatic carbocycles. The van der Waals surface area contributed by atoms with Gasteiger partial charge in [0, 0.05) is 41.9 Å². The van der Waals surface area contributed by atoms with Crippen molar-refractivity contribution in [3.05, 3.63) is 72.1 Å². The van der Waals surface area contributed by atoms with E-state index in [0.29, 0.717) is 24.4 Å². The first-order chi connectivity index (χ1) is 16.7. The number of piperazine rings is 1. The highest BCUT2D eigenvalue weighted by molar-refractivity contribution is 7.98. The summed E-state index contributed by atoms with van der Waals surface area (Å²) in [6, 6.07) is 15.4. The number of alkyl halides is 3. The minimum absolute atomic E-state index is 0.0332. The first-order valence-electron chi connectivity index (χ1n) is 10.4. The summed E-state index contributed by atoms with van der Waals surface area (Å²) in [4.78, 5) is 24.9. The number of carbonyl (C=O) groups is 2. The molecular weight excluding hydrogens is 485 g/mol. The third-order valence-corrected chi connectivity index (χ3v) is 5.77. The molecule has 0 radical (unpaired) electrons. The van der Waals surface area contributed by atoms with E-state index in [-0.39, 0.29) is 11.9 Å². The summed E-state index contributed by atoms with van der Waals surface area (Å²) in [6.07, 6.45) is 0.619. The van der Waals surface area contributed by atoms with E-state index >= 15 is 0 Å². The average molecular weight is 509 g/mol. The van der Waals surface area contributed by atoms with Crippen molar-refractivity contribution in [2.75, 3.05) is 25.9 Å². The molecule has 1 unspecified atom stereocenters. The maximum absolute atomic E-state index is 12.9. The predicted molar refractivity (Wildman–Crippen MR) is 124 cm³/mol. The summed E-state index contributed by atoms with van der Waals surface area (Å²) in [5.41, 5.74) is 1.73. The number of H-pyrrole nitrogens is 1. The number of carboxylic acid groups (broad SMARTS) is 1. The van der Waals surface area contributed by atoms with Gasteiger partial charge >= 0.3 is 12.1 Å². The first-order valence-corrected chi connectivity index (χ1v) is 11.6. The van der Waals surface area contributed by atoms with E-state index in [1.165, 1.54) is 4.90 Å². The Morgan fingerprint density at radius 2 is 1.71 bits per heavy atom. The van der Waals surface area contributed by atoms with Crippen LogP contribution in [0.5, 0.6) is 11.5 Å². The van der Waals surface area contributed by atoms with Gasteiger partial charge in [-0.2, -0.15) is 18.3 Å². The van der Waals surface area contributed by atoms with Crippen LogP contribution in [-0.2, 0) is 4.79 Å². The van der Waals surface area contributed by atoms with E-state index < -0.39 is 12.1 Å². The zero-order valence-corrected chi connectivity index (χ0v) is 19.4. The number of aliphatic carboxylic acids is 1. The Labute approximate surface area is 203 Å². The molecule has 35 heavy (non-hydrogen) atoms. The molecule has 0 spiro atoms. The Balaban J connectivity index is 0.000000429. The highest BCUT2D eigenvalue weighted by Gasteiger charge is 2.38. The molecule has 0 bridgehead atoms. The summed E-state index contributed by atoms with van der Waals surface area (Å²) in [7, 11) is 0. The van der Waals surface area contributed by atoms with Crippen LogP contribution < -0.4 is 10.1 Å². The smallest absolute Gasteiger partial charge is 0.475 e. The maximum Gasteiger partial charge on any atom is 0.490 e. The lowest BCUT2D eigenvalue weighted by Gasteiger charge is -2.33. The molecule has 1 saturated heterocycles. The fourth-order valence-corrected chi connectivity index (χ4v) is 3.65. The van der Waals surface area contributed by atoms with Crippen LogP contribution in [0.2, 0.25) is 0 Å². The Bertz CT molecular complexity index is 1110. The van der Waals surface area contributed by atoms with Gasteiger partial charge in [-0.25, -0.2) is 4.79 Å². The van der Waals surface area contributed by atoms with E-state index in [1.54, 1.807) is 18.0 Å². The summed E-state index contributed by atoms with van der Waals surface area (Å²) >= 11 is 1.69. The summed E-state index contributed by atoms with van der Waals surface area (Å²) in [6.45, 7) is 2.07. The van der Waals surface area contributed by atoms with Crippen LogP contribution in [0, 0.1) is 0 Å². The molecular formula is C23H23F3N4O4S. The predicted octanol–water partition coefficient (Wildman–Crippen LogP) is 4.34. The van der Waals surface area contributed by atoms with E-state index in [4.69, 9.17) is 14.6 Å². The van der Waals surface area contributed by atoms with Crippen LogP contribution in [-0.4, -0.2) is 64.1 Å². The monoisotopic (exact) mass is 508 g/mol. The van der Waals surface area contributed by atoms with Crippen molar-refractivity contribution in [2.24, 2.45) is 0 Å². The van der Waals surface area contributed by atoms with E-state index in [1.807, 2.05) is 65.9 Å². The zero-order valence-electron chi connectivity index (χ0n) is 18.6.